The summed E-state index contributed by atoms with van der Waals surface area (Å²) in [5, 5.41) is 9.85. The van der Waals surface area contributed by atoms with Gasteiger partial charge in [0.25, 0.3) is 5.91 Å². The predicted octanol–water partition coefficient (Wildman–Crippen LogP) is 2.14. The molecule has 2 saturated heterocycles. The van der Waals surface area contributed by atoms with E-state index in [0.717, 1.165) is 24.5 Å². The SMILES string of the molecule is CCN(CC)c1ccc(N2CC=C[C@]34S[C@]5(C)C=CCN(C)C(=O)[C@@H]5[C@H]3C(=O)N(CCO)C4C2=O)cc1. The van der Waals surface area contributed by atoms with Crippen LogP contribution in [0.2, 0.25) is 0 Å². The van der Waals surface area contributed by atoms with E-state index in [1.165, 1.54) is 4.90 Å². The molecule has 4 aliphatic rings. The Labute approximate surface area is 222 Å². The van der Waals surface area contributed by atoms with Crippen LogP contribution in [0.3, 0.4) is 0 Å². The standard InChI is InChI=1S/C28H36N4O4S/c1-5-30(6-2)19-9-11-20(12-10-19)31-16-8-14-28-22(25(35)32(17-18-33)23(28)26(31)36)21-24(34)29(4)15-7-13-27(21,3)37-28/h7-14,21-23,33H,5-6,15-18H2,1-4H3/t21-,22-,23?,27+,28-/m0/s1. The molecular formula is C28H36N4O4S. The van der Waals surface area contributed by atoms with Crippen molar-refractivity contribution in [2.75, 3.05) is 56.2 Å². The van der Waals surface area contributed by atoms with E-state index in [4.69, 9.17) is 0 Å². The molecule has 0 radical (unpaired) electrons. The second-order valence-corrected chi connectivity index (χ2v) is 12.2. The van der Waals surface area contributed by atoms with Crippen LogP contribution in [-0.2, 0) is 14.4 Å². The van der Waals surface area contributed by atoms with E-state index >= 15 is 0 Å². The van der Waals surface area contributed by atoms with Crippen molar-refractivity contribution in [3.05, 3.63) is 48.6 Å². The lowest BCUT2D eigenvalue weighted by Crippen LogP contribution is -2.54. The second kappa shape index (κ2) is 9.51. The maximum absolute atomic E-state index is 14.3. The molecule has 3 amide bonds. The molecule has 1 N–H and O–H groups in total. The highest BCUT2D eigenvalue weighted by Gasteiger charge is 2.73. The van der Waals surface area contributed by atoms with Gasteiger partial charge in [0.2, 0.25) is 11.8 Å². The number of benzene rings is 1. The van der Waals surface area contributed by atoms with E-state index < -0.39 is 27.4 Å². The highest BCUT2D eigenvalue weighted by atomic mass is 32.2. The van der Waals surface area contributed by atoms with Crippen LogP contribution >= 0.6 is 11.8 Å². The molecule has 5 rings (SSSR count). The van der Waals surface area contributed by atoms with Gasteiger partial charge in [0.05, 0.1) is 23.2 Å². The van der Waals surface area contributed by atoms with Gasteiger partial charge in [0, 0.05) is 55.9 Å². The van der Waals surface area contributed by atoms with Gasteiger partial charge in [0.1, 0.15) is 6.04 Å². The number of likely N-dealkylation sites (tertiary alicyclic amines) is 1. The van der Waals surface area contributed by atoms with Crippen molar-refractivity contribution in [3.8, 4) is 0 Å². The molecule has 1 unspecified atom stereocenters. The monoisotopic (exact) mass is 524 g/mol. The quantitative estimate of drug-likeness (QED) is 0.574. The van der Waals surface area contributed by atoms with Gasteiger partial charge in [-0.1, -0.05) is 24.3 Å². The van der Waals surface area contributed by atoms with Gasteiger partial charge in [-0.2, -0.15) is 0 Å². The molecule has 9 heteroatoms. The van der Waals surface area contributed by atoms with E-state index in [1.807, 2.05) is 55.5 Å². The molecule has 4 heterocycles. The summed E-state index contributed by atoms with van der Waals surface area (Å²) in [4.78, 5) is 49.0. The minimum absolute atomic E-state index is 0.0555. The van der Waals surface area contributed by atoms with Crippen LogP contribution in [0.25, 0.3) is 0 Å². The number of hydrogen-bond acceptors (Lipinski definition) is 6. The van der Waals surface area contributed by atoms with Crippen LogP contribution in [0.15, 0.2) is 48.6 Å². The molecular weight excluding hydrogens is 488 g/mol. The zero-order valence-electron chi connectivity index (χ0n) is 22.0. The van der Waals surface area contributed by atoms with Gasteiger partial charge >= 0.3 is 0 Å². The third-order valence-corrected chi connectivity index (χ3v) is 10.2. The maximum Gasteiger partial charge on any atom is 0.251 e. The van der Waals surface area contributed by atoms with E-state index in [2.05, 4.69) is 18.7 Å². The fraction of sp³-hybridized carbons (Fsp3) is 0.536. The lowest BCUT2D eigenvalue weighted by Gasteiger charge is -2.36. The van der Waals surface area contributed by atoms with Gasteiger partial charge < -0.3 is 24.7 Å². The zero-order chi connectivity index (χ0) is 26.5. The Bertz CT molecular complexity index is 1150. The van der Waals surface area contributed by atoms with E-state index in [0.29, 0.717) is 13.1 Å². The van der Waals surface area contributed by atoms with E-state index in [1.54, 1.807) is 28.6 Å². The number of aliphatic hydroxyl groups excluding tert-OH is 1. The summed E-state index contributed by atoms with van der Waals surface area (Å²) in [5.41, 5.74) is 1.86. The molecule has 1 aromatic carbocycles. The van der Waals surface area contributed by atoms with Gasteiger partial charge in [-0.05, 0) is 45.0 Å². The molecule has 0 bridgehead atoms. The van der Waals surface area contributed by atoms with Crippen molar-refractivity contribution in [1.82, 2.24) is 9.80 Å². The zero-order valence-corrected chi connectivity index (χ0v) is 22.8. The van der Waals surface area contributed by atoms with Crippen molar-refractivity contribution >= 4 is 40.9 Å². The number of nitrogens with zero attached hydrogens (tertiary/aromatic N) is 4. The topological polar surface area (TPSA) is 84.4 Å². The lowest BCUT2D eigenvalue weighted by molar-refractivity contribution is -0.143. The normalized spacial score (nSPS) is 32.8. The van der Waals surface area contributed by atoms with Crippen molar-refractivity contribution in [3.63, 3.8) is 0 Å². The number of amides is 3. The average Bonchev–Trinajstić information content (AvgIpc) is 3.15. The number of hydrogen-bond donors (Lipinski definition) is 1. The summed E-state index contributed by atoms with van der Waals surface area (Å²) in [6.07, 6.45) is 8.01. The Morgan fingerprint density at radius 1 is 0.973 bits per heavy atom. The molecule has 1 spiro atoms. The Balaban J connectivity index is 1.57. The Morgan fingerprint density at radius 2 is 1.65 bits per heavy atom. The summed E-state index contributed by atoms with van der Waals surface area (Å²) in [6, 6.07) is 7.15. The molecule has 4 aliphatic heterocycles. The third kappa shape index (κ3) is 3.81. The number of aliphatic hydroxyl groups is 1. The Morgan fingerprint density at radius 3 is 2.30 bits per heavy atom. The molecule has 37 heavy (non-hydrogen) atoms. The summed E-state index contributed by atoms with van der Waals surface area (Å²) < 4.78 is -1.51. The van der Waals surface area contributed by atoms with E-state index in [9.17, 15) is 19.5 Å². The molecule has 1 aromatic rings. The van der Waals surface area contributed by atoms with Crippen LogP contribution in [0.1, 0.15) is 20.8 Å². The predicted molar refractivity (Wildman–Crippen MR) is 147 cm³/mol. The van der Waals surface area contributed by atoms with Crippen LogP contribution in [0.4, 0.5) is 11.4 Å². The van der Waals surface area contributed by atoms with Gasteiger partial charge in [0.15, 0.2) is 0 Å². The smallest absolute Gasteiger partial charge is 0.251 e. The Hall–Kier alpha value is -2.78. The van der Waals surface area contributed by atoms with Gasteiger partial charge in [-0.3, -0.25) is 14.4 Å². The summed E-state index contributed by atoms with van der Waals surface area (Å²) in [7, 11) is 1.76. The maximum atomic E-state index is 14.3. The number of carbonyl (C=O) groups is 3. The largest absolute Gasteiger partial charge is 0.395 e. The highest BCUT2D eigenvalue weighted by Crippen LogP contribution is 2.65. The van der Waals surface area contributed by atoms with Crippen molar-refractivity contribution in [2.24, 2.45) is 11.8 Å². The summed E-state index contributed by atoms with van der Waals surface area (Å²) in [6.45, 7) is 8.70. The molecule has 5 atom stereocenters. The number of carbonyl (C=O) groups excluding carboxylic acids is 3. The Kier molecular flexibility index (Phi) is 6.64. The number of fused-ring (bicyclic) bond motifs is 2. The third-order valence-electron chi connectivity index (χ3n) is 8.39. The molecule has 0 aliphatic carbocycles. The van der Waals surface area contributed by atoms with Crippen LogP contribution in [0, 0.1) is 11.8 Å². The fourth-order valence-electron chi connectivity index (χ4n) is 6.65. The fourth-order valence-corrected chi connectivity index (χ4v) is 8.81. The molecule has 8 nitrogen and oxygen atoms in total. The van der Waals surface area contributed by atoms with Crippen molar-refractivity contribution in [2.45, 2.75) is 36.3 Å². The number of β-amino-alcohol motifs (C(OH)–C–C–N with tert-alkyl or cyclic N) is 1. The van der Waals surface area contributed by atoms with E-state index in [-0.39, 0.29) is 30.9 Å². The number of anilines is 2. The highest BCUT2D eigenvalue weighted by molar-refractivity contribution is 8.02. The number of thioether (sulfide) groups is 1. The second-order valence-electron chi connectivity index (χ2n) is 10.4. The molecule has 198 valence electrons. The van der Waals surface area contributed by atoms with Gasteiger partial charge in [-0.25, -0.2) is 0 Å². The summed E-state index contributed by atoms with van der Waals surface area (Å²) in [5.74, 6) is -1.75. The van der Waals surface area contributed by atoms with Gasteiger partial charge in [-0.15, -0.1) is 11.8 Å². The minimum Gasteiger partial charge on any atom is -0.395 e. The number of likely N-dealkylation sites (N-methyl/N-ethyl adjacent to an activating group) is 1. The number of rotatable bonds is 6. The van der Waals surface area contributed by atoms with Crippen LogP contribution < -0.4 is 9.80 Å². The van der Waals surface area contributed by atoms with Crippen LogP contribution in [-0.4, -0.2) is 94.5 Å². The lowest BCUT2D eigenvalue weighted by atomic mass is 9.74. The molecule has 2 fully saturated rings. The average molecular weight is 525 g/mol. The van der Waals surface area contributed by atoms with Crippen molar-refractivity contribution < 1.29 is 19.5 Å². The van der Waals surface area contributed by atoms with Crippen molar-refractivity contribution in [1.29, 1.82) is 0 Å². The first kappa shape index (κ1) is 25.9. The summed E-state index contributed by atoms with van der Waals surface area (Å²) >= 11 is 1.56. The molecule has 0 aromatic heterocycles. The first-order chi connectivity index (χ1) is 17.7. The first-order valence-corrected chi connectivity index (χ1v) is 13.9. The van der Waals surface area contributed by atoms with Crippen LogP contribution in [0.5, 0.6) is 0 Å². The minimum atomic E-state index is -0.892. The first-order valence-electron chi connectivity index (χ1n) is 13.1. The molecule has 0 saturated carbocycles.